The standard InChI is InChI=1S/C14H20N2OS/c1-11(17)16-13-6-4-12(5-7-13)9-15-14-3-2-8-18-10-14/h4-7,14-15H,2-3,8-10H2,1H3,(H,16,17)/t14-/m1/s1. The summed E-state index contributed by atoms with van der Waals surface area (Å²) < 4.78 is 0. The number of amides is 1. The Morgan fingerprint density at radius 3 is 2.78 bits per heavy atom. The maximum Gasteiger partial charge on any atom is 0.221 e. The summed E-state index contributed by atoms with van der Waals surface area (Å²) in [5, 5.41) is 6.36. The molecule has 1 amide bonds. The molecule has 1 aliphatic rings. The highest BCUT2D eigenvalue weighted by Gasteiger charge is 2.12. The highest BCUT2D eigenvalue weighted by molar-refractivity contribution is 7.99. The average molecular weight is 264 g/mol. The first-order chi connectivity index (χ1) is 8.74. The first-order valence-corrected chi connectivity index (χ1v) is 7.57. The summed E-state index contributed by atoms with van der Waals surface area (Å²) in [6, 6.07) is 8.68. The summed E-state index contributed by atoms with van der Waals surface area (Å²) in [5.74, 6) is 2.51. The second kappa shape index (κ2) is 6.81. The molecule has 1 saturated heterocycles. The number of hydrogen-bond acceptors (Lipinski definition) is 3. The maximum atomic E-state index is 10.9. The lowest BCUT2D eigenvalue weighted by molar-refractivity contribution is -0.114. The van der Waals surface area contributed by atoms with Gasteiger partial charge in [0.25, 0.3) is 0 Å². The molecular weight excluding hydrogens is 244 g/mol. The molecule has 1 aliphatic heterocycles. The van der Waals surface area contributed by atoms with Crippen molar-refractivity contribution in [2.45, 2.75) is 32.4 Å². The molecule has 0 unspecified atom stereocenters. The van der Waals surface area contributed by atoms with Gasteiger partial charge in [-0.3, -0.25) is 4.79 Å². The fourth-order valence-electron chi connectivity index (χ4n) is 2.07. The Labute approximate surface area is 113 Å². The van der Waals surface area contributed by atoms with Crippen molar-refractivity contribution in [2.75, 3.05) is 16.8 Å². The lowest BCUT2D eigenvalue weighted by Crippen LogP contribution is -2.33. The Bertz CT molecular complexity index is 385. The fraction of sp³-hybridized carbons (Fsp3) is 0.500. The third-order valence-corrected chi connectivity index (χ3v) is 4.24. The molecule has 0 radical (unpaired) electrons. The molecule has 1 aromatic carbocycles. The molecule has 1 heterocycles. The Morgan fingerprint density at radius 1 is 1.39 bits per heavy atom. The normalized spacial score (nSPS) is 19.5. The van der Waals surface area contributed by atoms with Crippen LogP contribution < -0.4 is 10.6 Å². The summed E-state index contributed by atoms with van der Waals surface area (Å²) in [7, 11) is 0. The molecule has 18 heavy (non-hydrogen) atoms. The highest BCUT2D eigenvalue weighted by atomic mass is 32.2. The van der Waals surface area contributed by atoms with Gasteiger partial charge in [0.15, 0.2) is 0 Å². The monoisotopic (exact) mass is 264 g/mol. The minimum Gasteiger partial charge on any atom is -0.326 e. The fourth-order valence-corrected chi connectivity index (χ4v) is 3.18. The molecule has 0 aromatic heterocycles. The average Bonchev–Trinajstić information content (AvgIpc) is 2.38. The molecule has 2 rings (SSSR count). The molecule has 2 N–H and O–H groups in total. The molecule has 4 heteroatoms. The maximum absolute atomic E-state index is 10.9. The van der Waals surface area contributed by atoms with Crippen molar-refractivity contribution in [3.8, 4) is 0 Å². The molecule has 98 valence electrons. The van der Waals surface area contributed by atoms with Crippen LogP contribution in [0.15, 0.2) is 24.3 Å². The van der Waals surface area contributed by atoms with Crippen molar-refractivity contribution >= 4 is 23.4 Å². The molecule has 1 atom stereocenters. The third kappa shape index (κ3) is 4.35. The molecule has 1 aromatic rings. The van der Waals surface area contributed by atoms with Crippen LogP contribution in [0, 0.1) is 0 Å². The largest absolute Gasteiger partial charge is 0.326 e. The van der Waals surface area contributed by atoms with E-state index in [9.17, 15) is 4.79 Å². The van der Waals surface area contributed by atoms with Crippen LogP contribution >= 0.6 is 11.8 Å². The van der Waals surface area contributed by atoms with Crippen molar-refractivity contribution in [1.29, 1.82) is 0 Å². The van der Waals surface area contributed by atoms with Crippen LogP contribution in [0.3, 0.4) is 0 Å². The SMILES string of the molecule is CC(=O)Nc1ccc(CN[C@@H]2CCCSC2)cc1. The van der Waals surface area contributed by atoms with E-state index >= 15 is 0 Å². The lowest BCUT2D eigenvalue weighted by Gasteiger charge is -2.22. The van der Waals surface area contributed by atoms with Crippen molar-refractivity contribution in [1.82, 2.24) is 5.32 Å². The third-order valence-electron chi connectivity index (χ3n) is 3.03. The van der Waals surface area contributed by atoms with Crippen molar-refractivity contribution in [2.24, 2.45) is 0 Å². The predicted molar refractivity (Wildman–Crippen MR) is 77.9 cm³/mol. The predicted octanol–water partition coefficient (Wildman–Crippen LogP) is 2.63. The van der Waals surface area contributed by atoms with Crippen LogP contribution in [0.2, 0.25) is 0 Å². The number of rotatable bonds is 4. The quantitative estimate of drug-likeness (QED) is 0.878. The van der Waals surface area contributed by atoms with E-state index in [1.807, 2.05) is 23.9 Å². The summed E-state index contributed by atoms with van der Waals surface area (Å²) in [4.78, 5) is 10.9. The van der Waals surface area contributed by atoms with E-state index in [2.05, 4.69) is 22.8 Å². The number of nitrogens with one attached hydrogen (secondary N) is 2. The first kappa shape index (κ1) is 13.4. The second-order valence-corrected chi connectivity index (χ2v) is 5.82. The summed E-state index contributed by atoms with van der Waals surface area (Å²) in [6.07, 6.45) is 2.61. The topological polar surface area (TPSA) is 41.1 Å². The number of benzene rings is 1. The first-order valence-electron chi connectivity index (χ1n) is 6.42. The van der Waals surface area contributed by atoms with Gasteiger partial charge in [-0.2, -0.15) is 11.8 Å². The van der Waals surface area contributed by atoms with E-state index in [1.54, 1.807) is 0 Å². The van der Waals surface area contributed by atoms with Gasteiger partial charge in [0.05, 0.1) is 0 Å². The lowest BCUT2D eigenvalue weighted by atomic mass is 10.1. The van der Waals surface area contributed by atoms with Crippen LogP contribution in [0.1, 0.15) is 25.3 Å². The van der Waals surface area contributed by atoms with Gasteiger partial charge in [0.1, 0.15) is 0 Å². The van der Waals surface area contributed by atoms with Gasteiger partial charge in [-0.15, -0.1) is 0 Å². The van der Waals surface area contributed by atoms with Gasteiger partial charge in [-0.05, 0) is 36.3 Å². The molecule has 0 saturated carbocycles. The number of carbonyl (C=O) groups is 1. The number of thioether (sulfide) groups is 1. The Balaban J connectivity index is 1.80. The van der Waals surface area contributed by atoms with Crippen molar-refractivity contribution < 1.29 is 4.79 Å². The van der Waals surface area contributed by atoms with E-state index in [1.165, 1.54) is 36.8 Å². The molecule has 0 aliphatic carbocycles. The van der Waals surface area contributed by atoms with Gasteiger partial charge in [-0.1, -0.05) is 12.1 Å². The minimum absolute atomic E-state index is 0.0277. The molecule has 0 bridgehead atoms. The van der Waals surface area contributed by atoms with Crippen molar-refractivity contribution in [3.05, 3.63) is 29.8 Å². The van der Waals surface area contributed by atoms with Gasteiger partial charge < -0.3 is 10.6 Å². The molecular formula is C14H20N2OS. The number of carbonyl (C=O) groups excluding carboxylic acids is 1. The van der Waals surface area contributed by atoms with Gasteiger partial charge in [0.2, 0.25) is 5.91 Å². The smallest absolute Gasteiger partial charge is 0.221 e. The minimum atomic E-state index is -0.0277. The number of anilines is 1. The van der Waals surface area contributed by atoms with Gasteiger partial charge >= 0.3 is 0 Å². The van der Waals surface area contributed by atoms with Crippen LogP contribution in [0.25, 0.3) is 0 Å². The van der Waals surface area contributed by atoms with Gasteiger partial charge in [-0.25, -0.2) is 0 Å². The van der Waals surface area contributed by atoms with E-state index < -0.39 is 0 Å². The summed E-state index contributed by atoms with van der Waals surface area (Å²) >= 11 is 2.04. The van der Waals surface area contributed by atoms with Crippen LogP contribution in [0.5, 0.6) is 0 Å². The highest BCUT2D eigenvalue weighted by Crippen LogP contribution is 2.17. The molecule has 3 nitrogen and oxygen atoms in total. The summed E-state index contributed by atoms with van der Waals surface area (Å²) in [5.41, 5.74) is 2.12. The van der Waals surface area contributed by atoms with Crippen LogP contribution in [-0.2, 0) is 11.3 Å². The van der Waals surface area contributed by atoms with Gasteiger partial charge in [0, 0.05) is 31.0 Å². The van der Waals surface area contributed by atoms with Crippen molar-refractivity contribution in [3.63, 3.8) is 0 Å². The Morgan fingerprint density at radius 2 is 2.17 bits per heavy atom. The van der Waals surface area contributed by atoms with E-state index in [4.69, 9.17) is 0 Å². The zero-order valence-electron chi connectivity index (χ0n) is 10.7. The van der Waals surface area contributed by atoms with E-state index in [0.29, 0.717) is 6.04 Å². The molecule has 0 spiro atoms. The second-order valence-electron chi connectivity index (χ2n) is 4.67. The van der Waals surface area contributed by atoms with Crippen LogP contribution in [0.4, 0.5) is 5.69 Å². The Kier molecular flexibility index (Phi) is 5.08. The van der Waals surface area contributed by atoms with E-state index in [0.717, 1.165) is 12.2 Å². The zero-order chi connectivity index (χ0) is 12.8. The zero-order valence-corrected chi connectivity index (χ0v) is 11.6. The Hall–Kier alpha value is -1.00. The van der Waals surface area contributed by atoms with Crippen LogP contribution in [-0.4, -0.2) is 23.5 Å². The molecule has 1 fully saturated rings. The number of hydrogen-bond donors (Lipinski definition) is 2. The summed E-state index contributed by atoms with van der Waals surface area (Å²) in [6.45, 7) is 2.43. The van der Waals surface area contributed by atoms with E-state index in [-0.39, 0.29) is 5.91 Å².